The first-order valence-electron chi connectivity index (χ1n) is 5.75. The van der Waals surface area contributed by atoms with Crippen molar-refractivity contribution >= 4 is 0 Å². The Morgan fingerprint density at radius 3 is 2.47 bits per heavy atom. The number of benzene rings is 1. The Kier molecular flexibility index (Phi) is 2.08. The normalized spacial score (nSPS) is 24.9. The van der Waals surface area contributed by atoms with E-state index >= 15 is 0 Å². The third-order valence-corrected chi connectivity index (χ3v) is 3.58. The molecule has 2 nitrogen and oxygen atoms in total. The summed E-state index contributed by atoms with van der Waals surface area (Å²) in [6.07, 6.45) is 2.46. The molecule has 2 heteroatoms. The van der Waals surface area contributed by atoms with Crippen LogP contribution in [0.2, 0.25) is 0 Å². The summed E-state index contributed by atoms with van der Waals surface area (Å²) in [4.78, 5) is 2.33. The van der Waals surface area contributed by atoms with Gasteiger partial charge in [0.05, 0.1) is 5.60 Å². The van der Waals surface area contributed by atoms with Gasteiger partial charge in [-0.1, -0.05) is 30.3 Å². The topological polar surface area (TPSA) is 23.5 Å². The lowest BCUT2D eigenvalue weighted by molar-refractivity contribution is -0.116. The summed E-state index contributed by atoms with van der Waals surface area (Å²) >= 11 is 0. The predicted molar refractivity (Wildman–Crippen MR) is 59.4 cm³/mol. The molecule has 1 N–H and O–H groups in total. The highest BCUT2D eigenvalue weighted by molar-refractivity contribution is 5.16. The minimum absolute atomic E-state index is 0.339. The molecule has 0 amide bonds. The van der Waals surface area contributed by atoms with Crippen LogP contribution in [-0.2, 0) is 6.54 Å². The van der Waals surface area contributed by atoms with Crippen molar-refractivity contribution in [3.63, 3.8) is 0 Å². The van der Waals surface area contributed by atoms with Gasteiger partial charge in [-0.15, -0.1) is 0 Å². The lowest BCUT2D eigenvalue weighted by Crippen LogP contribution is -2.62. The van der Waals surface area contributed by atoms with E-state index in [9.17, 15) is 5.11 Å². The molecule has 1 aliphatic carbocycles. The molecule has 1 aromatic rings. The first-order chi connectivity index (χ1) is 7.26. The second-order valence-corrected chi connectivity index (χ2v) is 5.01. The number of rotatable bonds is 3. The minimum Gasteiger partial charge on any atom is -0.387 e. The fourth-order valence-electron chi connectivity index (χ4n) is 2.56. The standard InChI is InChI=1S/C13H17NO/c15-13(12-6-7-12)9-14(10-13)8-11-4-2-1-3-5-11/h1-5,12,15H,6-10H2. The number of hydrogen-bond donors (Lipinski definition) is 1. The Labute approximate surface area is 90.5 Å². The number of hydrogen-bond acceptors (Lipinski definition) is 2. The summed E-state index contributed by atoms with van der Waals surface area (Å²) in [5, 5.41) is 10.2. The van der Waals surface area contributed by atoms with Crippen molar-refractivity contribution in [3.8, 4) is 0 Å². The van der Waals surface area contributed by atoms with Gasteiger partial charge in [-0.2, -0.15) is 0 Å². The van der Waals surface area contributed by atoms with E-state index in [-0.39, 0.29) is 5.60 Å². The molecule has 0 spiro atoms. The summed E-state index contributed by atoms with van der Waals surface area (Å²) in [7, 11) is 0. The molecule has 0 aromatic heterocycles. The third-order valence-electron chi connectivity index (χ3n) is 3.58. The first kappa shape index (κ1) is 9.37. The Morgan fingerprint density at radius 2 is 1.87 bits per heavy atom. The van der Waals surface area contributed by atoms with E-state index in [4.69, 9.17) is 0 Å². The number of β-amino-alcohol motifs (C(OH)–C–C–N with tert-alkyl or cyclic N) is 1. The van der Waals surface area contributed by atoms with Crippen LogP contribution >= 0.6 is 0 Å². The summed E-state index contributed by atoms with van der Waals surface area (Å²) in [5.74, 6) is 0.601. The van der Waals surface area contributed by atoms with Gasteiger partial charge in [0.25, 0.3) is 0 Å². The fourth-order valence-corrected chi connectivity index (χ4v) is 2.56. The molecule has 1 saturated heterocycles. The van der Waals surface area contributed by atoms with Crippen molar-refractivity contribution in [2.45, 2.75) is 25.0 Å². The maximum absolute atomic E-state index is 10.2. The minimum atomic E-state index is -0.339. The zero-order valence-corrected chi connectivity index (χ0v) is 8.89. The average Bonchev–Trinajstić information content (AvgIpc) is 3.00. The fraction of sp³-hybridized carbons (Fsp3) is 0.538. The number of nitrogens with zero attached hydrogens (tertiary/aromatic N) is 1. The van der Waals surface area contributed by atoms with E-state index in [1.165, 1.54) is 18.4 Å². The van der Waals surface area contributed by atoms with Crippen molar-refractivity contribution in [1.82, 2.24) is 4.90 Å². The van der Waals surface area contributed by atoms with Gasteiger partial charge in [0.2, 0.25) is 0 Å². The molecule has 2 aliphatic rings. The van der Waals surface area contributed by atoms with Crippen LogP contribution in [0.15, 0.2) is 30.3 Å². The van der Waals surface area contributed by atoms with Crippen molar-refractivity contribution in [2.75, 3.05) is 13.1 Å². The van der Waals surface area contributed by atoms with Crippen LogP contribution in [0, 0.1) is 5.92 Å². The van der Waals surface area contributed by atoms with Gasteiger partial charge in [0.15, 0.2) is 0 Å². The molecule has 0 bridgehead atoms. The summed E-state index contributed by atoms with van der Waals surface area (Å²) < 4.78 is 0. The van der Waals surface area contributed by atoms with E-state index in [2.05, 4.69) is 29.2 Å². The number of likely N-dealkylation sites (tertiary alicyclic amines) is 1. The maximum atomic E-state index is 10.2. The molecule has 1 aliphatic heterocycles. The van der Waals surface area contributed by atoms with Crippen LogP contribution in [0.4, 0.5) is 0 Å². The van der Waals surface area contributed by atoms with Crippen molar-refractivity contribution in [3.05, 3.63) is 35.9 Å². The molecule has 0 atom stereocenters. The molecule has 0 radical (unpaired) electrons. The van der Waals surface area contributed by atoms with Gasteiger partial charge >= 0.3 is 0 Å². The second kappa shape index (κ2) is 3.32. The molecule has 1 aromatic carbocycles. The van der Waals surface area contributed by atoms with Crippen LogP contribution in [0.5, 0.6) is 0 Å². The van der Waals surface area contributed by atoms with Gasteiger partial charge in [0.1, 0.15) is 0 Å². The Hall–Kier alpha value is -0.860. The smallest absolute Gasteiger partial charge is 0.0928 e. The van der Waals surface area contributed by atoms with Crippen molar-refractivity contribution in [1.29, 1.82) is 0 Å². The van der Waals surface area contributed by atoms with Crippen molar-refractivity contribution in [2.24, 2.45) is 5.92 Å². The zero-order valence-electron chi connectivity index (χ0n) is 8.89. The van der Waals surface area contributed by atoms with Gasteiger partial charge in [-0.25, -0.2) is 0 Å². The summed E-state index contributed by atoms with van der Waals surface area (Å²) in [6, 6.07) is 10.5. The van der Waals surface area contributed by atoms with Crippen LogP contribution in [0.25, 0.3) is 0 Å². The zero-order chi connectivity index (χ0) is 10.3. The van der Waals surface area contributed by atoms with Crippen LogP contribution in [0.3, 0.4) is 0 Å². The van der Waals surface area contributed by atoms with E-state index in [0.29, 0.717) is 5.92 Å². The van der Waals surface area contributed by atoms with Crippen LogP contribution < -0.4 is 0 Å². The first-order valence-corrected chi connectivity index (χ1v) is 5.75. The quantitative estimate of drug-likeness (QED) is 0.807. The lowest BCUT2D eigenvalue weighted by Gasteiger charge is -2.47. The molecule has 15 heavy (non-hydrogen) atoms. The lowest BCUT2D eigenvalue weighted by atomic mass is 9.88. The molecule has 1 saturated carbocycles. The Balaban J connectivity index is 1.55. The second-order valence-electron chi connectivity index (χ2n) is 5.01. The van der Waals surface area contributed by atoms with Gasteiger partial charge in [0, 0.05) is 19.6 Å². The SMILES string of the molecule is OC1(C2CC2)CN(Cc2ccccc2)C1. The highest BCUT2D eigenvalue weighted by Crippen LogP contribution is 2.44. The molecule has 1 heterocycles. The largest absolute Gasteiger partial charge is 0.387 e. The van der Waals surface area contributed by atoms with Gasteiger partial charge < -0.3 is 5.11 Å². The molecule has 2 fully saturated rings. The molecule has 80 valence electrons. The average molecular weight is 203 g/mol. The molecular formula is C13H17NO. The van der Waals surface area contributed by atoms with E-state index in [1.54, 1.807) is 0 Å². The maximum Gasteiger partial charge on any atom is 0.0928 e. The van der Waals surface area contributed by atoms with Crippen LogP contribution in [-0.4, -0.2) is 28.7 Å². The van der Waals surface area contributed by atoms with E-state index < -0.39 is 0 Å². The van der Waals surface area contributed by atoms with Gasteiger partial charge in [-0.05, 0) is 24.3 Å². The predicted octanol–water partition coefficient (Wildman–Crippen LogP) is 1.64. The molecular weight excluding hydrogens is 186 g/mol. The van der Waals surface area contributed by atoms with Crippen LogP contribution in [0.1, 0.15) is 18.4 Å². The van der Waals surface area contributed by atoms with E-state index in [1.807, 2.05) is 6.07 Å². The van der Waals surface area contributed by atoms with E-state index in [0.717, 1.165) is 19.6 Å². The number of aliphatic hydroxyl groups is 1. The molecule has 0 unspecified atom stereocenters. The summed E-state index contributed by atoms with van der Waals surface area (Å²) in [6.45, 7) is 2.72. The Bertz CT molecular complexity index is 339. The third kappa shape index (κ3) is 1.80. The van der Waals surface area contributed by atoms with Crippen molar-refractivity contribution < 1.29 is 5.11 Å². The monoisotopic (exact) mass is 203 g/mol. The Morgan fingerprint density at radius 1 is 1.20 bits per heavy atom. The molecule has 3 rings (SSSR count). The highest BCUT2D eigenvalue weighted by Gasteiger charge is 2.51. The van der Waals surface area contributed by atoms with Gasteiger partial charge in [-0.3, -0.25) is 4.90 Å². The highest BCUT2D eigenvalue weighted by atomic mass is 16.3. The summed E-state index contributed by atoms with van der Waals surface area (Å²) in [5.41, 5.74) is 1.00.